The molecule has 108 valence electrons. The Hall–Kier alpha value is -0.590. The van der Waals surface area contributed by atoms with Crippen LogP contribution in [0.3, 0.4) is 0 Å². The molecule has 3 aliphatic carbocycles. The molecule has 2 aromatic rings. The van der Waals surface area contributed by atoms with Gasteiger partial charge in [0.25, 0.3) is 0 Å². The first-order valence-electron chi connectivity index (χ1n) is 7.25. The average molecular weight is 334 g/mol. The van der Waals surface area contributed by atoms with Crippen molar-refractivity contribution in [1.29, 1.82) is 0 Å². The molecule has 2 bridgehead atoms. The van der Waals surface area contributed by atoms with E-state index in [4.69, 9.17) is 12.2 Å². The number of allylic oxidation sites excluding steroid dienone is 2. The minimum absolute atomic E-state index is 0.173. The van der Waals surface area contributed by atoms with Crippen molar-refractivity contribution in [2.45, 2.75) is 18.6 Å². The van der Waals surface area contributed by atoms with Crippen LogP contribution in [-0.2, 0) is 0 Å². The Morgan fingerprint density at radius 3 is 1.86 bits per heavy atom. The highest BCUT2D eigenvalue weighted by Gasteiger charge is 2.54. The third kappa shape index (κ3) is 1.61. The van der Waals surface area contributed by atoms with Crippen LogP contribution in [0.15, 0.2) is 24.3 Å². The number of aliphatic hydroxyl groups is 2. The Labute approximate surface area is 135 Å². The Morgan fingerprint density at radius 2 is 1.38 bits per heavy atom. The number of hydrogen-bond donors (Lipinski definition) is 2. The average Bonchev–Trinajstić information content (AvgIpc) is 3.14. The summed E-state index contributed by atoms with van der Waals surface area (Å²) in [5.41, 5.74) is 1.84. The van der Waals surface area contributed by atoms with Crippen LogP contribution in [0.5, 0.6) is 0 Å². The van der Waals surface area contributed by atoms with Crippen molar-refractivity contribution in [2.24, 2.45) is 23.7 Å². The zero-order valence-corrected chi connectivity index (χ0v) is 13.5. The summed E-state index contributed by atoms with van der Waals surface area (Å²) in [4.78, 5) is 0. The summed E-state index contributed by atoms with van der Waals surface area (Å²) in [6, 6.07) is 4.11. The van der Waals surface area contributed by atoms with Gasteiger partial charge in [0.2, 0.25) is 0 Å². The Kier molecular flexibility index (Phi) is 2.60. The minimum atomic E-state index is -0.460. The van der Waals surface area contributed by atoms with Gasteiger partial charge in [-0.05, 0) is 41.5 Å². The summed E-state index contributed by atoms with van der Waals surface area (Å²) in [6.07, 6.45) is 4.64. The molecule has 5 rings (SSSR count). The smallest absolute Gasteiger partial charge is 0.144 e. The first kappa shape index (κ1) is 12.9. The standard InChI is InChI=1S/C16H14O2S3/c17-14-8-4-10-11(21-16(19)20-10)5-9(8)15(18)13-7-2-1-6(3-7)12(13)14/h1-2,4-7,12-15,17-18H,3H2. The fourth-order valence-electron chi connectivity index (χ4n) is 4.67. The van der Waals surface area contributed by atoms with Crippen LogP contribution in [-0.4, -0.2) is 10.2 Å². The van der Waals surface area contributed by atoms with Crippen molar-refractivity contribution >= 4 is 44.3 Å². The molecule has 6 atom stereocenters. The van der Waals surface area contributed by atoms with Gasteiger partial charge in [-0.3, -0.25) is 0 Å². The Morgan fingerprint density at radius 1 is 0.905 bits per heavy atom. The maximum Gasteiger partial charge on any atom is 0.144 e. The van der Waals surface area contributed by atoms with Gasteiger partial charge < -0.3 is 10.2 Å². The molecule has 1 fully saturated rings. The van der Waals surface area contributed by atoms with E-state index in [2.05, 4.69) is 24.3 Å². The summed E-state index contributed by atoms with van der Waals surface area (Å²) >= 11 is 8.47. The zero-order chi connectivity index (χ0) is 14.3. The van der Waals surface area contributed by atoms with Gasteiger partial charge in [0.1, 0.15) is 3.14 Å². The van der Waals surface area contributed by atoms with E-state index in [1.807, 2.05) is 0 Å². The first-order valence-corrected chi connectivity index (χ1v) is 9.29. The summed E-state index contributed by atoms with van der Waals surface area (Å²) in [7, 11) is 0. The van der Waals surface area contributed by atoms with E-state index in [0.29, 0.717) is 11.8 Å². The van der Waals surface area contributed by atoms with E-state index in [9.17, 15) is 10.2 Å². The van der Waals surface area contributed by atoms with Gasteiger partial charge in [0, 0.05) is 21.2 Å². The van der Waals surface area contributed by atoms with Crippen molar-refractivity contribution in [3.05, 3.63) is 38.5 Å². The lowest BCUT2D eigenvalue weighted by Crippen LogP contribution is -2.35. The van der Waals surface area contributed by atoms with Crippen molar-refractivity contribution in [1.82, 2.24) is 0 Å². The van der Waals surface area contributed by atoms with Gasteiger partial charge in [0.15, 0.2) is 0 Å². The summed E-state index contributed by atoms with van der Waals surface area (Å²) in [6.45, 7) is 0. The van der Waals surface area contributed by atoms with E-state index in [0.717, 1.165) is 30.1 Å². The summed E-state index contributed by atoms with van der Waals surface area (Å²) < 4.78 is 3.16. The number of benzene rings is 1. The monoisotopic (exact) mass is 334 g/mol. The predicted octanol–water partition coefficient (Wildman–Crippen LogP) is 4.21. The predicted molar refractivity (Wildman–Crippen MR) is 88.2 cm³/mol. The highest BCUT2D eigenvalue weighted by Crippen LogP contribution is 2.60. The van der Waals surface area contributed by atoms with Crippen LogP contribution < -0.4 is 0 Å². The Bertz CT molecular complexity index is 770. The van der Waals surface area contributed by atoms with Gasteiger partial charge >= 0.3 is 0 Å². The van der Waals surface area contributed by atoms with Gasteiger partial charge in [-0.1, -0.05) is 24.4 Å². The van der Waals surface area contributed by atoms with Gasteiger partial charge in [0.05, 0.1) is 12.2 Å². The summed E-state index contributed by atoms with van der Waals surface area (Å²) in [5.74, 6) is 1.20. The maximum absolute atomic E-state index is 10.9. The third-order valence-electron chi connectivity index (χ3n) is 5.49. The second kappa shape index (κ2) is 4.24. The molecular weight excluding hydrogens is 320 g/mol. The molecule has 6 unspecified atom stereocenters. The highest BCUT2D eigenvalue weighted by molar-refractivity contribution is 7.77. The molecule has 0 saturated heterocycles. The lowest BCUT2D eigenvalue weighted by Gasteiger charge is -2.41. The van der Waals surface area contributed by atoms with Gasteiger partial charge in [-0.15, -0.1) is 22.7 Å². The van der Waals surface area contributed by atoms with Gasteiger partial charge in [-0.25, -0.2) is 0 Å². The number of fused-ring (bicyclic) bond motifs is 7. The van der Waals surface area contributed by atoms with Crippen LogP contribution in [0, 0.1) is 26.8 Å². The first-order chi connectivity index (χ1) is 10.1. The van der Waals surface area contributed by atoms with Crippen LogP contribution in [0.1, 0.15) is 29.8 Å². The molecule has 1 heterocycles. The van der Waals surface area contributed by atoms with Crippen molar-refractivity contribution in [3.63, 3.8) is 0 Å². The molecule has 0 amide bonds. The fraction of sp³-hybridized carbons (Fsp3) is 0.438. The minimum Gasteiger partial charge on any atom is -0.388 e. The van der Waals surface area contributed by atoms with Crippen molar-refractivity contribution < 1.29 is 10.2 Å². The quantitative estimate of drug-likeness (QED) is 0.560. The summed E-state index contributed by atoms with van der Waals surface area (Å²) in [5, 5.41) is 21.7. The van der Waals surface area contributed by atoms with E-state index in [1.165, 1.54) is 0 Å². The molecule has 2 N–H and O–H groups in total. The molecular formula is C16H14O2S3. The molecule has 1 saturated carbocycles. The SMILES string of the molecule is OC1c2cc3sc(=S)sc3cc2C(O)C2C3C=CC(C3)C12. The molecule has 0 radical (unpaired) electrons. The number of rotatable bonds is 0. The van der Waals surface area contributed by atoms with E-state index >= 15 is 0 Å². The molecule has 2 nitrogen and oxygen atoms in total. The zero-order valence-electron chi connectivity index (χ0n) is 11.1. The number of aliphatic hydroxyl groups excluding tert-OH is 2. The maximum atomic E-state index is 10.9. The van der Waals surface area contributed by atoms with Crippen LogP contribution in [0.2, 0.25) is 0 Å². The highest BCUT2D eigenvalue weighted by atomic mass is 32.2. The van der Waals surface area contributed by atoms with E-state index in [-0.39, 0.29) is 11.8 Å². The molecule has 3 aliphatic rings. The molecule has 0 aliphatic heterocycles. The Balaban J connectivity index is 1.75. The fourth-order valence-corrected chi connectivity index (χ4v) is 7.21. The molecule has 1 aromatic heterocycles. The van der Waals surface area contributed by atoms with E-state index < -0.39 is 12.2 Å². The number of hydrogen-bond acceptors (Lipinski definition) is 5. The molecule has 21 heavy (non-hydrogen) atoms. The van der Waals surface area contributed by atoms with Crippen molar-refractivity contribution in [2.75, 3.05) is 0 Å². The van der Waals surface area contributed by atoms with Crippen LogP contribution in [0.4, 0.5) is 0 Å². The van der Waals surface area contributed by atoms with Crippen LogP contribution in [0.25, 0.3) is 9.40 Å². The second-order valence-electron chi connectivity index (χ2n) is 6.37. The largest absolute Gasteiger partial charge is 0.388 e. The second-order valence-corrected chi connectivity index (χ2v) is 9.66. The third-order valence-corrected chi connectivity index (χ3v) is 8.06. The lowest BCUT2D eigenvalue weighted by molar-refractivity contribution is -0.0207. The van der Waals surface area contributed by atoms with Gasteiger partial charge in [-0.2, -0.15) is 0 Å². The van der Waals surface area contributed by atoms with Crippen molar-refractivity contribution in [3.8, 4) is 0 Å². The van der Waals surface area contributed by atoms with Crippen LogP contribution >= 0.6 is 34.9 Å². The normalized spacial score (nSPS) is 39.7. The topological polar surface area (TPSA) is 40.5 Å². The molecule has 1 aromatic carbocycles. The molecule has 0 spiro atoms. The molecule has 5 heteroatoms. The lowest BCUT2D eigenvalue weighted by atomic mass is 9.68. The van der Waals surface area contributed by atoms with E-state index in [1.54, 1.807) is 22.7 Å².